The molecule has 0 aliphatic heterocycles. The Morgan fingerprint density at radius 1 is 1.30 bits per heavy atom. The number of nitrogens with zero attached hydrogens (tertiary/aromatic N) is 1. The first kappa shape index (κ1) is 16.1. The fraction of sp³-hybridized carbons (Fsp3) is 0.611. The van der Waals surface area contributed by atoms with Crippen molar-refractivity contribution in [3.63, 3.8) is 0 Å². The average Bonchev–Trinajstić information content (AvgIpc) is 3.14. The molecule has 1 aromatic carbocycles. The van der Waals surface area contributed by atoms with Crippen molar-refractivity contribution in [2.75, 3.05) is 25.6 Å². The Morgan fingerprint density at radius 2 is 2.09 bits per heavy atom. The van der Waals surface area contributed by atoms with Crippen LogP contribution in [-0.2, 0) is 6.54 Å². The predicted molar refractivity (Wildman–Crippen MR) is 91.3 cm³/mol. The van der Waals surface area contributed by atoms with Crippen LogP contribution in [0.2, 0.25) is 0 Å². The van der Waals surface area contributed by atoms with Crippen molar-refractivity contribution in [3.8, 4) is 0 Å². The maximum Gasteiger partial charge on any atom is 0.315 e. The Bertz CT molecular complexity index is 561. The van der Waals surface area contributed by atoms with Gasteiger partial charge < -0.3 is 20.6 Å². The average molecular weight is 317 g/mol. The number of hydrogen-bond donors (Lipinski definition) is 3. The summed E-state index contributed by atoms with van der Waals surface area (Å²) < 4.78 is 0. The van der Waals surface area contributed by atoms with Crippen LogP contribution in [0.15, 0.2) is 24.3 Å². The minimum absolute atomic E-state index is 0.128. The van der Waals surface area contributed by atoms with E-state index in [9.17, 15) is 9.90 Å². The van der Waals surface area contributed by atoms with Crippen LogP contribution in [0.4, 0.5) is 10.5 Å². The molecule has 3 N–H and O–H groups in total. The lowest BCUT2D eigenvalue weighted by Gasteiger charge is -2.30. The molecule has 0 saturated heterocycles. The molecule has 23 heavy (non-hydrogen) atoms. The van der Waals surface area contributed by atoms with Crippen molar-refractivity contribution in [2.24, 2.45) is 17.8 Å². The number of benzene rings is 1. The van der Waals surface area contributed by atoms with Gasteiger partial charge in [-0.25, -0.2) is 4.79 Å². The molecule has 0 aromatic heterocycles. The number of fused-ring (bicyclic) bond motifs is 2. The molecule has 5 heteroatoms. The fourth-order valence-corrected chi connectivity index (χ4v) is 4.23. The van der Waals surface area contributed by atoms with Gasteiger partial charge in [0.25, 0.3) is 0 Å². The van der Waals surface area contributed by atoms with Crippen LogP contribution in [0, 0.1) is 17.8 Å². The monoisotopic (exact) mass is 317 g/mol. The number of rotatable bonds is 5. The first-order chi connectivity index (χ1) is 11.1. The second-order valence-corrected chi connectivity index (χ2v) is 7.10. The van der Waals surface area contributed by atoms with Gasteiger partial charge in [0.1, 0.15) is 0 Å². The minimum Gasteiger partial charge on any atom is -0.396 e. The Hall–Kier alpha value is -1.75. The number of carbonyl (C=O) groups is 1. The lowest BCUT2D eigenvalue weighted by molar-refractivity contribution is 0.144. The standard InChI is InChI=1S/C18H27N3O2/c1-21(2)15-5-3-4-12(8-15)10-19-18(23)20-17-14-7-6-13(9-14)16(17)11-22/h3-5,8,13-14,16-17,22H,6-7,9-11H2,1-2H3,(H2,19,20,23). The van der Waals surface area contributed by atoms with Crippen LogP contribution in [0.5, 0.6) is 0 Å². The van der Waals surface area contributed by atoms with Crippen LogP contribution >= 0.6 is 0 Å². The van der Waals surface area contributed by atoms with E-state index in [0.717, 1.165) is 17.7 Å². The van der Waals surface area contributed by atoms with Crippen molar-refractivity contribution < 1.29 is 9.90 Å². The Kier molecular flexibility index (Phi) is 4.76. The second-order valence-electron chi connectivity index (χ2n) is 7.10. The van der Waals surface area contributed by atoms with E-state index in [0.29, 0.717) is 18.4 Å². The lowest BCUT2D eigenvalue weighted by atomic mass is 9.85. The van der Waals surface area contributed by atoms with Crippen LogP contribution in [0.25, 0.3) is 0 Å². The molecular formula is C18H27N3O2. The van der Waals surface area contributed by atoms with Gasteiger partial charge >= 0.3 is 6.03 Å². The van der Waals surface area contributed by atoms with E-state index >= 15 is 0 Å². The Morgan fingerprint density at radius 3 is 2.83 bits per heavy atom. The number of aliphatic hydroxyl groups excluding tert-OH is 1. The zero-order valence-corrected chi connectivity index (χ0v) is 14.0. The third kappa shape index (κ3) is 3.44. The van der Waals surface area contributed by atoms with Crippen molar-refractivity contribution in [1.82, 2.24) is 10.6 Å². The summed E-state index contributed by atoms with van der Waals surface area (Å²) in [6.45, 7) is 0.690. The van der Waals surface area contributed by atoms with Gasteiger partial charge in [-0.1, -0.05) is 12.1 Å². The molecule has 2 aliphatic carbocycles. The smallest absolute Gasteiger partial charge is 0.315 e. The topological polar surface area (TPSA) is 64.6 Å². The molecular weight excluding hydrogens is 290 g/mol. The van der Waals surface area contributed by atoms with E-state index in [1.54, 1.807) is 0 Å². The Balaban J connectivity index is 1.53. The zero-order chi connectivity index (χ0) is 16.4. The summed E-state index contributed by atoms with van der Waals surface area (Å²) in [5.41, 5.74) is 2.20. The number of urea groups is 1. The molecule has 126 valence electrons. The molecule has 2 saturated carbocycles. The minimum atomic E-state index is -0.128. The van der Waals surface area contributed by atoms with Crippen LogP contribution in [0.1, 0.15) is 24.8 Å². The third-order valence-electron chi connectivity index (χ3n) is 5.48. The van der Waals surface area contributed by atoms with Crippen molar-refractivity contribution >= 4 is 11.7 Å². The molecule has 2 aliphatic rings. The molecule has 0 radical (unpaired) electrons. The molecule has 3 rings (SSSR count). The van der Waals surface area contributed by atoms with E-state index in [4.69, 9.17) is 0 Å². The van der Waals surface area contributed by atoms with Gasteiger partial charge in [0.2, 0.25) is 0 Å². The predicted octanol–water partition coefficient (Wildman–Crippen LogP) is 1.96. The number of amides is 2. The summed E-state index contributed by atoms with van der Waals surface area (Å²) in [4.78, 5) is 14.3. The molecule has 1 aromatic rings. The normalized spacial score (nSPS) is 28.7. The van der Waals surface area contributed by atoms with Crippen LogP contribution in [-0.4, -0.2) is 37.9 Å². The van der Waals surface area contributed by atoms with Crippen LogP contribution < -0.4 is 15.5 Å². The zero-order valence-electron chi connectivity index (χ0n) is 14.0. The number of carbonyl (C=O) groups excluding carboxylic acids is 1. The van der Waals surface area contributed by atoms with Gasteiger partial charge in [0.05, 0.1) is 0 Å². The number of anilines is 1. The number of nitrogens with one attached hydrogen (secondary N) is 2. The largest absolute Gasteiger partial charge is 0.396 e. The molecule has 2 amide bonds. The molecule has 2 bridgehead atoms. The maximum atomic E-state index is 12.2. The van der Waals surface area contributed by atoms with Gasteiger partial charge in [-0.2, -0.15) is 0 Å². The van der Waals surface area contributed by atoms with Gasteiger partial charge in [-0.3, -0.25) is 0 Å². The van der Waals surface area contributed by atoms with Crippen molar-refractivity contribution in [2.45, 2.75) is 31.8 Å². The van der Waals surface area contributed by atoms with Gasteiger partial charge in [-0.15, -0.1) is 0 Å². The fourth-order valence-electron chi connectivity index (χ4n) is 4.23. The summed E-state index contributed by atoms with van der Waals surface area (Å²) >= 11 is 0. The molecule has 0 spiro atoms. The van der Waals surface area contributed by atoms with E-state index in [2.05, 4.69) is 16.7 Å². The van der Waals surface area contributed by atoms with Crippen molar-refractivity contribution in [1.29, 1.82) is 0 Å². The first-order valence-corrected chi connectivity index (χ1v) is 8.50. The molecule has 5 nitrogen and oxygen atoms in total. The first-order valence-electron chi connectivity index (χ1n) is 8.50. The van der Waals surface area contributed by atoms with E-state index in [1.165, 1.54) is 12.8 Å². The maximum absolute atomic E-state index is 12.2. The summed E-state index contributed by atoms with van der Waals surface area (Å²) in [5.74, 6) is 1.36. The highest BCUT2D eigenvalue weighted by Crippen LogP contribution is 2.48. The van der Waals surface area contributed by atoms with E-state index in [1.807, 2.05) is 37.2 Å². The van der Waals surface area contributed by atoms with E-state index < -0.39 is 0 Å². The second kappa shape index (κ2) is 6.79. The lowest BCUT2D eigenvalue weighted by Crippen LogP contribution is -2.48. The summed E-state index contributed by atoms with van der Waals surface area (Å²) in [6, 6.07) is 8.14. The quantitative estimate of drug-likeness (QED) is 0.778. The highest BCUT2D eigenvalue weighted by molar-refractivity contribution is 5.74. The van der Waals surface area contributed by atoms with Gasteiger partial charge in [-0.05, 0) is 48.8 Å². The molecule has 4 unspecified atom stereocenters. The molecule has 0 heterocycles. The SMILES string of the molecule is CN(C)c1cccc(CNC(=O)NC2C3CCC(C3)C2CO)c1. The highest BCUT2D eigenvalue weighted by atomic mass is 16.3. The summed E-state index contributed by atoms with van der Waals surface area (Å²) in [5, 5.41) is 15.6. The van der Waals surface area contributed by atoms with Gasteiger partial charge in [0, 0.05) is 44.9 Å². The molecule has 2 fully saturated rings. The van der Waals surface area contributed by atoms with Gasteiger partial charge in [0.15, 0.2) is 0 Å². The highest BCUT2D eigenvalue weighted by Gasteiger charge is 2.47. The van der Waals surface area contributed by atoms with Crippen molar-refractivity contribution in [3.05, 3.63) is 29.8 Å². The Labute approximate surface area is 138 Å². The molecule has 4 atom stereocenters. The van der Waals surface area contributed by atoms with E-state index in [-0.39, 0.29) is 24.6 Å². The number of hydrogen-bond acceptors (Lipinski definition) is 3. The third-order valence-corrected chi connectivity index (χ3v) is 5.48. The summed E-state index contributed by atoms with van der Waals surface area (Å²) in [7, 11) is 4.01. The summed E-state index contributed by atoms with van der Waals surface area (Å²) in [6.07, 6.45) is 3.53. The number of aliphatic hydroxyl groups is 1. The van der Waals surface area contributed by atoms with Crippen LogP contribution in [0.3, 0.4) is 0 Å².